The van der Waals surface area contributed by atoms with Crippen LogP contribution in [0.4, 0.5) is 5.69 Å². The Labute approximate surface area is 211 Å². The predicted octanol–water partition coefficient (Wildman–Crippen LogP) is 5.25. The second kappa shape index (κ2) is 11.8. The summed E-state index contributed by atoms with van der Waals surface area (Å²) in [6, 6.07) is 13.0. The number of carbonyl (C=O) groups is 2. The first-order valence-corrected chi connectivity index (χ1v) is 12.6. The van der Waals surface area contributed by atoms with E-state index in [1.807, 2.05) is 81.7 Å². The average molecular weight is 492 g/mol. The Morgan fingerprint density at radius 3 is 2.31 bits per heavy atom. The van der Waals surface area contributed by atoms with E-state index >= 15 is 0 Å². The highest BCUT2D eigenvalue weighted by molar-refractivity contribution is 7.99. The molecule has 8 heteroatoms. The smallest absolute Gasteiger partial charge is 0.251 e. The number of rotatable bonds is 10. The van der Waals surface area contributed by atoms with Crippen LogP contribution in [0.15, 0.2) is 60.3 Å². The van der Waals surface area contributed by atoms with Crippen molar-refractivity contribution in [3.63, 3.8) is 0 Å². The van der Waals surface area contributed by atoms with Gasteiger partial charge in [-0.15, -0.1) is 16.8 Å². The summed E-state index contributed by atoms with van der Waals surface area (Å²) < 4.78 is 1.91. The molecule has 0 radical (unpaired) electrons. The number of anilines is 1. The van der Waals surface area contributed by atoms with Gasteiger partial charge in [-0.3, -0.25) is 9.59 Å². The normalized spacial score (nSPS) is 11.8. The number of amides is 2. The first kappa shape index (κ1) is 26.2. The number of hydrogen-bond acceptors (Lipinski definition) is 5. The van der Waals surface area contributed by atoms with E-state index in [0.29, 0.717) is 23.1 Å². The number of aryl methyl sites for hydroxylation is 3. The van der Waals surface area contributed by atoms with Crippen molar-refractivity contribution in [2.75, 3.05) is 11.1 Å². The maximum Gasteiger partial charge on any atom is 0.251 e. The molecular formula is C27H33N5O2S. The summed E-state index contributed by atoms with van der Waals surface area (Å²) in [7, 11) is 0. The van der Waals surface area contributed by atoms with Crippen molar-refractivity contribution in [1.82, 2.24) is 20.1 Å². The van der Waals surface area contributed by atoms with E-state index in [-0.39, 0.29) is 29.5 Å². The van der Waals surface area contributed by atoms with Gasteiger partial charge in [0, 0.05) is 17.8 Å². The summed E-state index contributed by atoms with van der Waals surface area (Å²) in [5.74, 6) is 0.611. The van der Waals surface area contributed by atoms with Gasteiger partial charge in [-0.05, 0) is 49.9 Å². The molecule has 1 atom stereocenters. The van der Waals surface area contributed by atoms with Gasteiger partial charge >= 0.3 is 0 Å². The zero-order valence-corrected chi connectivity index (χ0v) is 21.8. The van der Waals surface area contributed by atoms with Crippen LogP contribution in [0.5, 0.6) is 0 Å². The van der Waals surface area contributed by atoms with Crippen molar-refractivity contribution >= 4 is 29.3 Å². The lowest BCUT2D eigenvalue weighted by Gasteiger charge is -2.22. The van der Waals surface area contributed by atoms with Crippen molar-refractivity contribution in [3.8, 4) is 0 Å². The minimum atomic E-state index is -0.353. The molecule has 0 unspecified atom stereocenters. The molecule has 0 spiro atoms. The van der Waals surface area contributed by atoms with Gasteiger partial charge in [0.15, 0.2) is 11.0 Å². The third kappa shape index (κ3) is 6.60. The van der Waals surface area contributed by atoms with E-state index in [1.54, 1.807) is 6.08 Å². The summed E-state index contributed by atoms with van der Waals surface area (Å²) in [4.78, 5) is 25.6. The number of nitrogens with one attached hydrogen (secondary N) is 2. The number of benzene rings is 2. The van der Waals surface area contributed by atoms with Crippen LogP contribution in [0.25, 0.3) is 0 Å². The van der Waals surface area contributed by atoms with E-state index < -0.39 is 0 Å². The first-order chi connectivity index (χ1) is 16.7. The molecule has 3 rings (SSSR count). The minimum Gasteiger partial charge on any atom is -0.342 e. The molecule has 0 bridgehead atoms. The molecule has 0 aliphatic carbocycles. The van der Waals surface area contributed by atoms with Crippen molar-refractivity contribution < 1.29 is 9.59 Å². The standard InChI is InChI=1S/C27H33N5O2S/c1-7-15-32-25(23(17(2)3)29-26(34)21-13-11-18(4)12-14-21)30-31-27(32)35-16-22(33)28-24-19(5)9-8-10-20(24)6/h7-14,17,23H,1,15-16H2,2-6H3,(H,28,33)(H,29,34)/t23-/m1/s1. The lowest BCUT2D eigenvalue weighted by molar-refractivity contribution is -0.113. The number of hydrogen-bond donors (Lipinski definition) is 2. The molecule has 0 aliphatic heterocycles. The number of aromatic nitrogens is 3. The summed E-state index contributed by atoms with van der Waals surface area (Å²) in [5, 5.41) is 15.5. The van der Waals surface area contributed by atoms with Crippen LogP contribution >= 0.6 is 11.8 Å². The number of carbonyl (C=O) groups excluding carboxylic acids is 2. The quantitative estimate of drug-likeness (QED) is 0.299. The highest BCUT2D eigenvalue weighted by atomic mass is 32.2. The fourth-order valence-electron chi connectivity index (χ4n) is 3.71. The largest absolute Gasteiger partial charge is 0.342 e. The van der Waals surface area contributed by atoms with Crippen molar-refractivity contribution in [3.05, 3.63) is 83.2 Å². The van der Waals surface area contributed by atoms with Crippen LogP contribution in [0, 0.1) is 26.7 Å². The van der Waals surface area contributed by atoms with E-state index in [2.05, 4.69) is 27.4 Å². The average Bonchev–Trinajstić information content (AvgIpc) is 3.21. The fraction of sp³-hybridized carbons (Fsp3) is 0.333. The van der Waals surface area contributed by atoms with Crippen LogP contribution < -0.4 is 10.6 Å². The highest BCUT2D eigenvalue weighted by Gasteiger charge is 2.26. The molecule has 184 valence electrons. The second-order valence-corrected chi connectivity index (χ2v) is 9.85. The van der Waals surface area contributed by atoms with Crippen molar-refractivity contribution in [1.29, 1.82) is 0 Å². The van der Waals surface area contributed by atoms with Gasteiger partial charge in [0.25, 0.3) is 5.91 Å². The molecule has 2 aromatic carbocycles. The molecular weight excluding hydrogens is 458 g/mol. The Balaban J connectivity index is 1.76. The zero-order valence-electron chi connectivity index (χ0n) is 21.0. The van der Waals surface area contributed by atoms with Crippen LogP contribution in [0.3, 0.4) is 0 Å². The van der Waals surface area contributed by atoms with Crippen LogP contribution in [-0.4, -0.2) is 32.3 Å². The third-order valence-electron chi connectivity index (χ3n) is 5.68. The monoisotopic (exact) mass is 491 g/mol. The molecule has 2 N–H and O–H groups in total. The minimum absolute atomic E-state index is 0.0716. The third-order valence-corrected chi connectivity index (χ3v) is 6.65. The number of para-hydroxylation sites is 1. The molecule has 0 fully saturated rings. The first-order valence-electron chi connectivity index (χ1n) is 11.6. The summed E-state index contributed by atoms with van der Waals surface area (Å²) >= 11 is 1.31. The zero-order chi connectivity index (χ0) is 25.5. The Morgan fingerprint density at radius 1 is 1.06 bits per heavy atom. The van der Waals surface area contributed by atoms with E-state index in [0.717, 1.165) is 22.4 Å². The molecule has 0 saturated heterocycles. The van der Waals surface area contributed by atoms with E-state index in [9.17, 15) is 9.59 Å². The van der Waals surface area contributed by atoms with Gasteiger partial charge in [-0.25, -0.2) is 0 Å². The maximum absolute atomic E-state index is 12.9. The van der Waals surface area contributed by atoms with E-state index in [4.69, 9.17) is 0 Å². The van der Waals surface area contributed by atoms with Crippen LogP contribution in [0.2, 0.25) is 0 Å². The number of thioether (sulfide) groups is 1. The number of allylic oxidation sites excluding steroid dienone is 1. The number of nitrogens with zero attached hydrogens (tertiary/aromatic N) is 3. The molecule has 0 aliphatic rings. The fourth-order valence-corrected chi connectivity index (χ4v) is 4.47. The maximum atomic E-state index is 12.9. The van der Waals surface area contributed by atoms with E-state index in [1.165, 1.54) is 11.8 Å². The lowest BCUT2D eigenvalue weighted by Crippen LogP contribution is -2.33. The second-order valence-electron chi connectivity index (χ2n) is 8.90. The van der Waals surface area contributed by atoms with Crippen molar-refractivity contribution in [2.45, 2.75) is 52.4 Å². The molecule has 2 amide bonds. The molecule has 1 heterocycles. The Hall–Kier alpha value is -3.39. The van der Waals surface area contributed by atoms with Gasteiger partial charge in [-0.1, -0.05) is 67.6 Å². The van der Waals surface area contributed by atoms with Crippen LogP contribution in [0.1, 0.15) is 52.8 Å². The summed E-state index contributed by atoms with van der Waals surface area (Å²) in [6.07, 6.45) is 1.76. The lowest BCUT2D eigenvalue weighted by atomic mass is 10.0. The van der Waals surface area contributed by atoms with Crippen LogP contribution in [-0.2, 0) is 11.3 Å². The molecule has 7 nitrogen and oxygen atoms in total. The molecule has 1 aromatic heterocycles. The van der Waals surface area contributed by atoms with Gasteiger partial charge < -0.3 is 15.2 Å². The Morgan fingerprint density at radius 2 is 1.71 bits per heavy atom. The van der Waals surface area contributed by atoms with Gasteiger partial charge in [-0.2, -0.15) is 0 Å². The Bertz CT molecular complexity index is 1180. The summed E-state index contributed by atoms with van der Waals surface area (Å²) in [6.45, 7) is 14.3. The molecule has 0 saturated carbocycles. The van der Waals surface area contributed by atoms with Gasteiger partial charge in [0.2, 0.25) is 5.91 Å². The SMILES string of the molecule is C=CCn1c(SCC(=O)Nc2c(C)cccc2C)nnc1[C@H](NC(=O)c1ccc(C)cc1)C(C)C. The highest BCUT2D eigenvalue weighted by Crippen LogP contribution is 2.26. The predicted molar refractivity (Wildman–Crippen MR) is 142 cm³/mol. The van der Waals surface area contributed by atoms with Crippen molar-refractivity contribution in [2.24, 2.45) is 5.92 Å². The topological polar surface area (TPSA) is 88.9 Å². The van der Waals surface area contributed by atoms with Gasteiger partial charge in [0.1, 0.15) is 0 Å². The molecule has 35 heavy (non-hydrogen) atoms. The molecule has 3 aromatic rings. The van der Waals surface area contributed by atoms with Gasteiger partial charge in [0.05, 0.1) is 11.8 Å². The Kier molecular flexibility index (Phi) is 8.87. The summed E-state index contributed by atoms with van der Waals surface area (Å²) in [5.41, 5.74) is 4.56.